The minimum Gasteiger partial charge on any atom is -0.744 e. The summed E-state index contributed by atoms with van der Waals surface area (Å²) in [4.78, 5) is 34.9. The number of nitrogen functional groups attached to an aromatic ring is 1. The number of nitrogens with one attached hydrogen (secondary N) is 2. The van der Waals surface area contributed by atoms with Crippen LogP contribution < -0.4 is 105 Å². The van der Waals surface area contributed by atoms with Gasteiger partial charge in [0.25, 0.3) is 0 Å². The van der Waals surface area contributed by atoms with Crippen LogP contribution in [0, 0.1) is 0 Å². The number of rotatable bonds is 7. The van der Waals surface area contributed by atoms with Crippen LogP contribution >= 0.6 is 23.2 Å². The predicted molar refractivity (Wildman–Crippen MR) is 151 cm³/mol. The van der Waals surface area contributed by atoms with Crippen LogP contribution in [-0.4, -0.2) is 65.4 Å². The molecule has 0 aliphatic heterocycles. The van der Waals surface area contributed by atoms with Crippen LogP contribution in [0.4, 0.5) is 28.7 Å². The topological polar surface area (TPSA) is 294 Å². The van der Waals surface area contributed by atoms with Gasteiger partial charge < -0.3 is 30.0 Å². The number of hydrogen-bond acceptors (Lipinski definition) is 17. The van der Waals surface area contributed by atoms with Gasteiger partial charge in [-0.2, -0.15) is 15.0 Å². The van der Waals surface area contributed by atoms with Gasteiger partial charge in [0.2, 0.25) is 16.5 Å². The third-order valence-electron chi connectivity index (χ3n) is 6.18. The number of fused-ring (bicyclic) bond motifs is 2. The first-order valence-electron chi connectivity index (χ1n) is 11.6. The molecule has 1 aliphatic rings. The van der Waals surface area contributed by atoms with Crippen molar-refractivity contribution in [3.05, 3.63) is 75.3 Å². The van der Waals surface area contributed by atoms with Gasteiger partial charge >= 0.3 is 88.7 Å². The zero-order valence-electron chi connectivity index (χ0n) is 24.4. The Hall–Kier alpha value is -1.28. The second kappa shape index (κ2) is 15.5. The number of hydrogen-bond donors (Lipinski definition) is 3. The number of benzene rings is 3. The second-order valence-electron chi connectivity index (χ2n) is 8.94. The summed E-state index contributed by atoms with van der Waals surface area (Å²) in [5.74, 6) is -2.85. The molecule has 4 N–H and O–H groups in total. The first kappa shape index (κ1) is 42.9. The van der Waals surface area contributed by atoms with E-state index in [2.05, 4.69) is 25.6 Å². The van der Waals surface area contributed by atoms with Gasteiger partial charge in [-0.05, 0) is 53.5 Å². The summed E-state index contributed by atoms with van der Waals surface area (Å²) in [6.45, 7) is 0. The monoisotopic (exact) mass is 782 g/mol. The molecule has 234 valence electrons. The predicted octanol–water partition coefficient (Wildman–Crippen LogP) is -7.25. The normalized spacial score (nSPS) is 12.4. The zero-order chi connectivity index (χ0) is 33.2. The molecule has 0 unspecified atom stereocenters. The van der Waals surface area contributed by atoms with Gasteiger partial charge in [0.05, 0.1) is 48.4 Å². The van der Waals surface area contributed by atoms with E-state index in [1.807, 2.05) is 0 Å². The Morgan fingerprint density at radius 3 is 1.73 bits per heavy atom. The molecule has 0 bridgehead atoms. The quantitative estimate of drug-likeness (QED) is 0.0785. The molecule has 0 saturated carbocycles. The fourth-order valence-electron chi connectivity index (χ4n) is 4.44. The van der Waals surface area contributed by atoms with Crippen LogP contribution in [0.5, 0.6) is 0 Å². The SMILES string of the molecule is Nc1c(S(=O)(=O)[O-])cc(Nc2ccc(Nc3nc(Cl)nc(Cl)n3)c(S(=O)(=O)[O-])c2)c2c1C(=O)c1cccc(S(=O)(=O)[O-])c1C2=O.[Na+].[Na+].[Na+]. The molecule has 5 rings (SSSR count). The van der Waals surface area contributed by atoms with Gasteiger partial charge in [-0.25, -0.2) is 25.3 Å². The average Bonchev–Trinajstić information content (AvgIpc) is 2.90. The molecular formula is C23H11Cl2N6Na3O11S3. The van der Waals surface area contributed by atoms with Crippen molar-refractivity contribution in [2.45, 2.75) is 14.7 Å². The molecule has 3 aromatic carbocycles. The first-order chi connectivity index (χ1) is 20.8. The van der Waals surface area contributed by atoms with Crippen molar-refractivity contribution in [3.63, 3.8) is 0 Å². The number of carbonyl (C=O) groups excluding carboxylic acids is 2. The van der Waals surface area contributed by atoms with Crippen molar-refractivity contribution in [2.24, 2.45) is 0 Å². The molecule has 1 aliphatic carbocycles. The molecule has 0 atom stereocenters. The summed E-state index contributed by atoms with van der Waals surface area (Å²) in [7, 11) is -16.1. The standard InChI is InChI=1S/C23H14Cl2N6O11S3.3Na/c24-21-29-22(25)31-23(30-21)28-10-5-4-8(6-13(10)44(37,38)39)27-11-7-14(45(40,41)42)18(26)17-16(11)20(33)15-9(19(17)32)2-1-3-12(15)43(34,35)36;;;/h1-7,27H,26H2,(H,34,35,36)(H,37,38,39)(H,40,41,42)(H,28,29,30,31);;;/q;3*+1/p-3. The Morgan fingerprint density at radius 1 is 0.625 bits per heavy atom. The number of ketones is 2. The van der Waals surface area contributed by atoms with E-state index in [1.54, 1.807) is 0 Å². The molecule has 0 radical (unpaired) electrons. The van der Waals surface area contributed by atoms with Gasteiger partial charge in [-0.15, -0.1) is 0 Å². The van der Waals surface area contributed by atoms with Crippen molar-refractivity contribution in [1.29, 1.82) is 0 Å². The van der Waals surface area contributed by atoms with Gasteiger partial charge in [0.1, 0.15) is 30.4 Å². The molecule has 1 aromatic heterocycles. The Kier molecular flexibility index (Phi) is 13.9. The van der Waals surface area contributed by atoms with E-state index in [1.165, 1.54) is 0 Å². The Balaban J connectivity index is 0.00000267. The second-order valence-corrected chi connectivity index (χ2v) is 13.7. The third-order valence-corrected chi connectivity index (χ3v) is 9.15. The van der Waals surface area contributed by atoms with Crippen LogP contribution in [0.15, 0.2) is 57.2 Å². The summed E-state index contributed by atoms with van der Waals surface area (Å²) in [5, 5.41) is 4.12. The Bertz CT molecular complexity index is 2330. The molecular weight excluding hydrogens is 772 g/mol. The molecule has 48 heavy (non-hydrogen) atoms. The molecule has 17 nitrogen and oxygen atoms in total. The van der Waals surface area contributed by atoms with E-state index >= 15 is 0 Å². The average molecular weight is 783 g/mol. The number of anilines is 5. The fraction of sp³-hybridized carbons (Fsp3) is 0. The van der Waals surface area contributed by atoms with E-state index in [-0.39, 0.29) is 111 Å². The molecule has 1 heterocycles. The van der Waals surface area contributed by atoms with Gasteiger partial charge in [0.15, 0.2) is 11.6 Å². The molecule has 4 aromatic rings. The maximum Gasteiger partial charge on any atom is 1.00 e. The van der Waals surface area contributed by atoms with Crippen LogP contribution in [0.2, 0.25) is 10.6 Å². The van der Waals surface area contributed by atoms with Crippen LogP contribution in [0.1, 0.15) is 31.8 Å². The Morgan fingerprint density at radius 2 is 1.19 bits per heavy atom. The molecule has 0 amide bonds. The number of nitrogens with zero attached hydrogens (tertiary/aromatic N) is 3. The summed E-state index contributed by atoms with van der Waals surface area (Å²) in [6, 6.07) is 6.14. The minimum absolute atomic E-state index is 0. The maximum absolute atomic E-state index is 13.7. The molecule has 0 fully saturated rings. The summed E-state index contributed by atoms with van der Waals surface area (Å²) in [6.07, 6.45) is 0. The Labute approximate surface area is 347 Å². The van der Waals surface area contributed by atoms with E-state index in [4.69, 9.17) is 28.9 Å². The fourth-order valence-corrected chi connectivity index (χ4v) is 6.80. The first-order valence-corrected chi connectivity index (χ1v) is 16.6. The van der Waals surface area contributed by atoms with Crippen molar-refractivity contribution in [1.82, 2.24) is 15.0 Å². The van der Waals surface area contributed by atoms with E-state index < -0.39 is 95.9 Å². The van der Waals surface area contributed by atoms with Gasteiger partial charge in [0, 0.05) is 11.3 Å². The van der Waals surface area contributed by atoms with Crippen LogP contribution in [0.3, 0.4) is 0 Å². The smallest absolute Gasteiger partial charge is 0.744 e. The zero-order valence-corrected chi connectivity index (χ0v) is 34.4. The minimum atomic E-state index is -5.43. The number of halogens is 2. The number of nitrogens with two attached hydrogens (primary N) is 1. The van der Waals surface area contributed by atoms with E-state index in [0.717, 1.165) is 36.4 Å². The summed E-state index contributed by atoms with van der Waals surface area (Å²) >= 11 is 11.4. The third kappa shape index (κ3) is 8.60. The van der Waals surface area contributed by atoms with E-state index in [0.29, 0.717) is 6.07 Å². The largest absolute Gasteiger partial charge is 1.00 e. The van der Waals surface area contributed by atoms with Crippen molar-refractivity contribution < 1.29 is 137 Å². The number of aromatic nitrogens is 3. The van der Waals surface area contributed by atoms with Crippen molar-refractivity contribution in [3.8, 4) is 0 Å². The van der Waals surface area contributed by atoms with Gasteiger partial charge in [-0.1, -0.05) is 12.1 Å². The van der Waals surface area contributed by atoms with Crippen molar-refractivity contribution in [2.75, 3.05) is 16.4 Å². The molecule has 25 heteroatoms. The maximum atomic E-state index is 13.7. The molecule has 0 saturated heterocycles. The van der Waals surface area contributed by atoms with Crippen molar-refractivity contribution >= 4 is 93.8 Å². The van der Waals surface area contributed by atoms with Gasteiger partial charge in [-0.3, -0.25) is 9.59 Å². The molecule has 0 spiro atoms. The van der Waals surface area contributed by atoms with Crippen LogP contribution in [0.25, 0.3) is 0 Å². The summed E-state index contributed by atoms with van der Waals surface area (Å²) in [5.41, 5.74) is 0.501. The van der Waals surface area contributed by atoms with E-state index in [9.17, 15) is 48.5 Å². The number of carbonyl (C=O) groups is 2. The van der Waals surface area contributed by atoms with Crippen LogP contribution in [-0.2, 0) is 30.4 Å². The summed E-state index contributed by atoms with van der Waals surface area (Å²) < 4.78 is 108.